The highest BCUT2D eigenvalue weighted by Gasteiger charge is 2.45. The molecule has 1 aromatic carbocycles. The average Bonchev–Trinajstić information content (AvgIpc) is 2.48. The zero-order valence-electron chi connectivity index (χ0n) is 11.5. The van der Waals surface area contributed by atoms with E-state index in [0.29, 0.717) is 38.0 Å². The molecule has 108 valence electrons. The minimum absolute atomic E-state index is 0.563. The molecule has 0 spiro atoms. The lowest BCUT2D eigenvalue weighted by atomic mass is 9.65. The van der Waals surface area contributed by atoms with Crippen LogP contribution in [-0.4, -0.2) is 37.6 Å². The van der Waals surface area contributed by atoms with Gasteiger partial charge < -0.3 is 20.0 Å². The van der Waals surface area contributed by atoms with Crippen molar-refractivity contribution in [1.82, 2.24) is 5.32 Å². The molecule has 2 rings (SSSR count). The third kappa shape index (κ3) is 2.54. The first-order valence-corrected chi connectivity index (χ1v) is 6.67. The van der Waals surface area contributed by atoms with Gasteiger partial charge in [0.25, 0.3) is 0 Å². The standard InChI is InChI=1S/C15H19NO4/c1-20-12-4-2-3-11(9-12)15(5-7-16-8-6-15)13(10-17)14(18)19/h2-4,9-10,13,16H,5-8H2,1H3,(H,18,19). The van der Waals surface area contributed by atoms with Crippen LogP contribution in [0, 0.1) is 5.92 Å². The van der Waals surface area contributed by atoms with E-state index >= 15 is 0 Å². The first-order valence-electron chi connectivity index (χ1n) is 6.67. The summed E-state index contributed by atoms with van der Waals surface area (Å²) in [6.45, 7) is 1.41. The van der Waals surface area contributed by atoms with Crippen molar-refractivity contribution < 1.29 is 19.4 Å². The molecule has 0 aromatic heterocycles. The summed E-state index contributed by atoms with van der Waals surface area (Å²) in [6.07, 6.45) is 1.80. The lowest BCUT2D eigenvalue weighted by molar-refractivity contribution is -0.147. The second-order valence-electron chi connectivity index (χ2n) is 5.09. The number of carbonyl (C=O) groups is 2. The minimum atomic E-state index is -1.07. The maximum Gasteiger partial charge on any atom is 0.314 e. The largest absolute Gasteiger partial charge is 0.497 e. The third-order valence-corrected chi connectivity index (χ3v) is 4.14. The Kier molecular flexibility index (Phi) is 4.39. The Morgan fingerprint density at radius 1 is 1.45 bits per heavy atom. The predicted octanol–water partition coefficient (Wildman–Crippen LogP) is 1.22. The number of methoxy groups -OCH3 is 1. The highest BCUT2D eigenvalue weighted by molar-refractivity contribution is 5.88. The van der Waals surface area contributed by atoms with Crippen LogP contribution in [0.5, 0.6) is 5.75 Å². The lowest BCUT2D eigenvalue weighted by Gasteiger charge is -2.40. The van der Waals surface area contributed by atoms with E-state index < -0.39 is 17.3 Å². The molecule has 1 aromatic rings. The molecule has 2 N–H and O–H groups in total. The highest BCUT2D eigenvalue weighted by atomic mass is 16.5. The number of aldehydes is 1. The number of hydrogen-bond acceptors (Lipinski definition) is 4. The van der Waals surface area contributed by atoms with Crippen LogP contribution in [-0.2, 0) is 15.0 Å². The van der Waals surface area contributed by atoms with Gasteiger partial charge in [-0.1, -0.05) is 12.1 Å². The topological polar surface area (TPSA) is 75.6 Å². The monoisotopic (exact) mass is 277 g/mol. The maximum absolute atomic E-state index is 11.5. The Morgan fingerprint density at radius 3 is 2.70 bits per heavy atom. The number of carboxylic acids is 1. The minimum Gasteiger partial charge on any atom is -0.497 e. The number of carboxylic acid groups (broad SMARTS) is 1. The molecule has 5 nitrogen and oxygen atoms in total. The summed E-state index contributed by atoms with van der Waals surface area (Å²) >= 11 is 0. The fraction of sp³-hybridized carbons (Fsp3) is 0.467. The Hall–Kier alpha value is -1.88. The molecular formula is C15H19NO4. The van der Waals surface area contributed by atoms with Crippen LogP contribution < -0.4 is 10.1 Å². The molecule has 1 unspecified atom stereocenters. The summed E-state index contributed by atoms with van der Waals surface area (Å²) in [5.41, 5.74) is 0.200. The second-order valence-corrected chi connectivity index (χ2v) is 5.09. The van der Waals surface area contributed by atoms with Crippen molar-refractivity contribution in [2.75, 3.05) is 20.2 Å². The van der Waals surface area contributed by atoms with Crippen LogP contribution in [0.4, 0.5) is 0 Å². The van der Waals surface area contributed by atoms with Crippen molar-refractivity contribution in [2.45, 2.75) is 18.3 Å². The smallest absolute Gasteiger partial charge is 0.314 e. The van der Waals surface area contributed by atoms with Gasteiger partial charge in [0.05, 0.1) is 7.11 Å². The van der Waals surface area contributed by atoms with Crippen LogP contribution in [0.3, 0.4) is 0 Å². The van der Waals surface area contributed by atoms with Crippen LogP contribution in [0.2, 0.25) is 0 Å². The van der Waals surface area contributed by atoms with Gasteiger partial charge in [-0.25, -0.2) is 0 Å². The molecule has 1 aliphatic heterocycles. The summed E-state index contributed by atoms with van der Waals surface area (Å²) in [5.74, 6) is -1.42. The number of piperidine rings is 1. The van der Waals surface area contributed by atoms with Gasteiger partial charge >= 0.3 is 5.97 Å². The SMILES string of the molecule is COc1cccc(C2(C(C=O)C(=O)O)CCNCC2)c1. The number of hydrogen-bond donors (Lipinski definition) is 2. The van der Waals surface area contributed by atoms with Gasteiger partial charge in [0.15, 0.2) is 0 Å². The van der Waals surface area contributed by atoms with Gasteiger partial charge in [-0.05, 0) is 43.6 Å². The fourth-order valence-corrected chi connectivity index (χ4v) is 3.01. The molecule has 1 aliphatic rings. The summed E-state index contributed by atoms with van der Waals surface area (Å²) in [6, 6.07) is 7.37. The number of ether oxygens (including phenoxy) is 1. The van der Waals surface area contributed by atoms with Crippen molar-refractivity contribution in [3.8, 4) is 5.75 Å². The van der Waals surface area contributed by atoms with E-state index in [1.807, 2.05) is 24.3 Å². The molecule has 1 fully saturated rings. The van der Waals surface area contributed by atoms with Gasteiger partial charge in [0.2, 0.25) is 0 Å². The molecule has 20 heavy (non-hydrogen) atoms. The predicted molar refractivity (Wildman–Crippen MR) is 74.0 cm³/mol. The molecule has 5 heteroatoms. The number of aliphatic carboxylic acids is 1. The maximum atomic E-state index is 11.5. The Balaban J connectivity index is 2.50. The van der Waals surface area contributed by atoms with Gasteiger partial charge in [0, 0.05) is 5.41 Å². The van der Waals surface area contributed by atoms with Crippen molar-refractivity contribution in [1.29, 1.82) is 0 Å². The van der Waals surface area contributed by atoms with Crippen LogP contribution in [0.1, 0.15) is 18.4 Å². The summed E-state index contributed by atoms with van der Waals surface area (Å²) in [7, 11) is 1.57. The van der Waals surface area contributed by atoms with E-state index in [9.17, 15) is 14.7 Å². The highest BCUT2D eigenvalue weighted by Crippen LogP contribution is 2.41. The van der Waals surface area contributed by atoms with Gasteiger partial charge in [-0.15, -0.1) is 0 Å². The van der Waals surface area contributed by atoms with Gasteiger partial charge in [-0.2, -0.15) is 0 Å². The van der Waals surface area contributed by atoms with E-state index in [0.717, 1.165) is 5.56 Å². The number of carbonyl (C=O) groups excluding carboxylic acids is 1. The lowest BCUT2D eigenvalue weighted by Crippen LogP contribution is -2.48. The number of benzene rings is 1. The normalized spacial score (nSPS) is 19.1. The third-order valence-electron chi connectivity index (χ3n) is 4.14. The molecule has 0 aliphatic carbocycles. The number of rotatable bonds is 5. The first-order chi connectivity index (χ1) is 9.64. The first kappa shape index (κ1) is 14.5. The summed E-state index contributed by atoms with van der Waals surface area (Å²) in [4.78, 5) is 22.8. The fourth-order valence-electron chi connectivity index (χ4n) is 3.01. The zero-order chi connectivity index (χ0) is 14.6. The molecule has 0 bridgehead atoms. The van der Waals surface area contributed by atoms with E-state index in [1.54, 1.807) is 7.11 Å². The van der Waals surface area contributed by atoms with Crippen LogP contribution in [0.15, 0.2) is 24.3 Å². The molecule has 0 saturated carbocycles. The number of nitrogens with one attached hydrogen (secondary N) is 1. The Bertz CT molecular complexity index is 494. The summed E-state index contributed by atoms with van der Waals surface area (Å²) in [5, 5.41) is 12.6. The van der Waals surface area contributed by atoms with E-state index in [4.69, 9.17) is 4.74 Å². The van der Waals surface area contributed by atoms with E-state index in [1.165, 1.54) is 0 Å². The van der Waals surface area contributed by atoms with Crippen molar-refractivity contribution in [3.05, 3.63) is 29.8 Å². The average molecular weight is 277 g/mol. The van der Waals surface area contributed by atoms with Crippen molar-refractivity contribution in [2.24, 2.45) is 5.92 Å². The second kappa shape index (κ2) is 6.05. The van der Waals surface area contributed by atoms with E-state index in [-0.39, 0.29) is 0 Å². The van der Waals surface area contributed by atoms with Crippen LogP contribution >= 0.6 is 0 Å². The van der Waals surface area contributed by atoms with Gasteiger partial charge in [-0.3, -0.25) is 4.79 Å². The Labute approximate surface area is 117 Å². The van der Waals surface area contributed by atoms with Gasteiger partial charge in [0.1, 0.15) is 18.0 Å². The molecule has 1 atom stereocenters. The molecule has 0 radical (unpaired) electrons. The quantitative estimate of drug-likeness (QED) is 0.625. The Morgan fingerprint density at radius 2 is 2.15 bits per heavy atom. The van der Waals surface area contributed by atoms with Crippen molar-refractivity contribution in [3.63, 3.8) is 0 Å². The molecular weight excluding hydrogens is 258 g/mol. The molecule has 1 heterocycles. The van der Waals surface area contributed by atoms with Crippen LogP contribution in [0.25, 0.3) is 0 Å². The molecule has 0 amide bonds. The zero-order valence-corrected chi connectivity index (χ0v) is 11.5. The van der Waals surface area contributed by atoms with E-state index in [2.05, 4.69) is 5.32 Å². The summed E-state index contributed by atoms with van der Waals surface area (Å²) < 4.78 is 5.21. The van der Waals surface area contributed by atoms with Crippen molar-refractivity contribution >= 4 is 12.3 Å². The molecule has 1 saturated heterocycles.